The number of nitrogens with zero attached hydrogens (tertiary/aromatic N) is 5. The highest BCUT2D eigenvalue weighted by molar-refractivity contribution is 6.01. The average Bonchev–Trinajstić information content (AvgIpc) is 3.32. The third kappa shape index (κ3) is 5.11. The Balaban J connectivity index is 1.96. The van der Waals surface area contributed by atoms with Crippen molar-refractivity contribution >= 4 is 17.4 Å². The minimum absolute atomic E-state index is 0.238. The molecule has 176 valence electrons. The van der Waals surface area contributed by atoms with Gasteiger partial charge in [-0.15, -0.1) is 4.80 Å². The van der Waals surface area contributed by atoms with Crippen molar-refractivity contribution in [2.75, 3.05) is 32.0 Å². The number of amides is 2. The van der Waals surface area contributed by atoms with Crippen molar-refractivity contribution in [3.05, 3.63) is 42.0 Å². The van der Waals surface area contributed by atoms with E-state index in [1.165, 1.54) is 46.1 Å². The number of anilines is 2. The van der Waals surface area contributed by atoms with Crippen molar-refractivity contribution in [3.63, 3.8) is 0 Å². The lowest BCUT2D eigenvalue weighted by Gasteiger charge is -2.19. The molecule has 0 radical (unpaired) electrons. The van der Waals surface area contributed by atoms with Crippen molar-refractivity contribution in [1.29, 1.82) is 0 Å². The molecular formula is C19H20F3N7O4. The Morgan fingerprint density at radius 1 is 1.06 bits per heavy atom. The van der Waals surface area contributed by atoms with Crippen molar-refractivity contribution in [2.45, 2.75) is 19.2 Å². The number of ether oxygens (including phenoxy) is 3. The predicted molar refractivity (Wildman–Crippen MR) is 110 cm³/mol. The lowest BCUT2D eigenvalue weighted by atomic mass is 10.1. The third-order valence-corrected chi connectivity index (χ3v) is 4.50. The maximum absolute atomic E-state index is 13.7. The Hall–Kier alpha value is -3.94. The summed E-state index contributed by atoms with van der Waals surface area (Å²) >= 11 is 0. The van der Waals surface area contributed by atoms with E-state index in [0.717, 1.165) is 0 Å². The lowest BCUT2D eigenvalue weighted by molar-refractivity contribution is -0.137. The maximum atomic E-state index is 13.7. The van der Waals surface area contributed by atoms with E-state index in [1.54, 1.807) is 6.92 Å². The molecule has 3 rings (SSSR count). The molecule has 0 aromatic carbocycles. The summed E-state index contributed by atoms with van der Waals surface area (Å²) in [6, 6.07) is -0.181. The van der Waals surface area contributed by atoms with Gasteiger partial charge in [0, 0.05) is 12.7 Å². The highest BCUT2D eigenvalue weighted by Gasteiger charge is 2.37. The van der Waals surface area contributed by atoms with E-state index >= 15 is 0 Å². The van der Waals surface area contributed by atoms with Crippen LogP contribution >= 0.6 is 0 Å². The number of alkyl halides is 3. The Morgan fingerprint density at radius 2 is 1.73 bits per heavy atom. The van der Waals surface area contributed by atoms with Crippen LogP contribution in [0.4, 0.5) is 29.3 Å². The molecule has 14 heteroatoms. The summed E-state index contributed by atoms with van der Waals surface area (Å²) in [4.78, 5) is 21.2. The van der Waals surface area contributed by atoms with E-state index in [0.29, 0.717) is 22.2 Å². The fourth-order valence-corrected chi connectivity index (χ4v) is 2.95. The highest BCUT2D eigenvalue weighted by atomic mass is 19.4. The second kappa shape index (κ2) is 9.68. The van der Waals surface area contributed by atoms with Crippen LogP contribution in [-0.2, 0) is 10.9 Å². The molecule has 11 nitrogen and oxygen atoms in total. The molecule has 0 saturated carbocycles. The first-order chi connectivity index (χ1) is 15.7. The standard InChI is InChI=1S/C19H20F3N7O4/c1-10(31-2)15-13(8-23-9-14(15)32-3)27-18(30)26-12-7-11(19(20,21)22)16(28-17(12)33-4)29-24-5-6-25-29/h5-10H,1-4H3,(H2,26,27,30)/t10-/m1/s1. The van der Waals surface area contributed by atoms with Gasteiger partial charge in [-0.25, -0.2) is 4.79 Å². The molecule has 33 heavy (non-hydrogen) atoms. The number of carbonyl (C=O) groups is 1. The van der Waals surface area contributed by atoms with Gasteiger partial charge < -0.3 is 24.8 Å². The van der Waals surface area contributed by atoms with Crippen LogP contribution in [0.3, 0.4) is 0 Å². The van der Waals surface area contributed by atoms with Crippen molar-refractivity contribution in [1.82, 2.24) is 25.0 Å². The van der Waals surface area contributed by atoms with Crippen molar-refractivity contribution in [3.8, 4) is 17.4 Å². The van der Waals surface area contributed by atoms with Crippen LogP contribution in [0.25, 0.3) is 5.82 Å². The number of hydrogen-bond acceptors (Lipinski definition) is 8. The molecule has 0 aliphatic heterocycles. The van der Waals surface area contributed by atoms with Gasteiger partial charge in [0.2, 0.25) is 5.88 Å². The summed E-state index contributed by atoms with van der Waals surface area (Å²) in [5, 5.41) is 12.2. The van der Waals surface area contributed by atoms with Crippen LogP contribution in [0, 0.1) is 0 Å². The molecule has 0 aliphatic carbocycles. The quantitative estimate of drug-likeness (QED) is 0.541. The first-order valence-corrected chi connectivity index (χ1v) is 9.35. The maximum Gasteiger partial charge on any atom is 0.420 e. The zero-order valence-corrected chi connectivity index (χ0v) is 18.0. The van der Waals surface area contributed by atoms with Gasteiger partial charge >= 0.3 is 12.2 Å². The molecule has 0 fully saturated rings. The number of pyridine rings is 2. The number of methoxy groups -OCH3 is 3. The largest absolute Gasteiger partial charge is 0.495 e. The van der Waals surface area contributed by atoms with Gasteiger partial charge in [0.15, 0.2) is 5.82 Å². The van der Waals surface area contributed by atoms with Gasteiger partial charge in [0.25, 0.3) is 0 Å². The van der Waals surface area contributed by atoms with Crippen LogP contribution in [0.1, 0.15) is 24.2 Å². The van der Waals surface area contributed by atoms with E-state index in [4.69, 9.17) is 14.2 Å². The fourth-order valence-electron chi connectivity index (χ4n) is 2.95. The first kappa shape index (κ1) is 23.7. The molecule has 0 saturated heterocycles. The van der Waals surface area contributed by atoms with E-state index in [1.807, 2.05) is 0 Å². The van der Waals surface area contributed by atoms with Crippen LogP contribution in [0.15, 0.2) is 30.9 Å². The van der Waals surface area contributed by atoms with Gasteiger partial charge in [0.05, 0.1) is 50.8 Å². The summed E-state index contributed by atoms with van der Waals surface area (Å²) in [5.41, 5.74) is -0.769. The Labute approximate surface area is 185 Å². The number of nitrogens with one attached hydrogen (secondary N) is 2. The van der Waals surface area contributed by atoms with Crippen LogP contribution in [0.5, 0.6) is 11.6 Å². The molecule has 3 aromatic rings. The predicted octanol–water partition coefficient (Wildman–Crippen LogP) is 3.44. The summed E-state index contributed by atoms with van der Waals surface area (Å²) < 4.78 is 56.7. The van der Waals surface area contributed by atoms with Crippen molar-refractivity contribution in [2.24, 2.45) is 0 Å². The van der Waals surface area contributed by atoms with E-state index < -0.39 is 29.7 Å². The Kier molecular flexibility index (Phi) is 6.96. The minimum atomic E-state index is -4.81. The minimum Gasteiger partial charge on any atom is -0.495 e. The summed E-state index contributed by atoms with van der Waals surface area (Å²) in [6.45, 7) is 1.73. The Bertz CT molecular complexity index is 1120. The monoisotopic (exact) mass is 467 g/mol. The smallest absolute Gasteiger partial charge is 0.420 e. The van der Waals surface area contributed by atoms with Crippen molar-refractivity contribution < 1.29 is 32.2 Å². The zero-order valence-electron chi connectivity index (χ0n) is 18.0. The van der Waals surface area contributed by atoms with E-state index in [9.17, 15) is 18.0 Å². The molecule has 0 unspecified atom stereocenters. The van der Waals surface area contributed by atoms with Crippen LogP contribution in [-0.4, -0.2) is 52.3 Å². The fraction of sp³-hybridized carbons (Fsp3) is 0.316. The molecule has 3 aromatic heterocycles. The van der Waals surface area contributed by atoms with Gasteiger partial charge in [-0.1, -0.05) is 0 Å². The number of hydrogen-bond donors (Lipinski definition) is 2. The molecule has 0 aliphatic rings. The van der Waals surface area contributed by atoms with Crippen LogP contribution in [0.2, 0.25) is 0 Å². The molecule has 0 bridgehead atoms. The highest BCUT2D eigenvalue weighted by Crippen LogP contribution is 2.38. The summed E-state index contributed by atoms with van der Waals surface area (Å²) in [7, 11) is 4.10. The molecule has 2 N–H and O–H groups in total. The molecular weight excluding hydrogens is 447 g/mol. The lowest BCUT2D eigenvalue weighted by Crippen LogP contribution is -2.23. The zero-order chi connectivity index (χ0) is 24.2. The second-order valence-corrected chi connectivity index (χ2v) is 6.49. The second-order valence-electron chi connectivity index (χ2n) is 6.49. The summed E-state index contributed by atoms with van der Waals surface area (Å²) in [6.07, 6.45) is -0.0858. The van der Waals surface area contributed by atoms with Crippen LogP contribution < -0.4 is 20.1 Å². The SMILES string of the molecule is COc1cncc(NC(=O)Nc2cc(C(F)(F)F)c(-n3nccn3)nc2OC)c1[C@@H](C)OC. The third-order valence-electron chi connectivity index (χ3n) is 4.50. The molecule has 3 heterocycles. The summed E-state index contributed by atoms with van der Waals surface area (Å²) in [5.74, 6) is -0.528. The van der Waals surface area contributed by atoms with Gasteiger partial charge in [-0.2, -0.15) is 28.4 Å². The number of urea groups is 1. The number of aromatic nitrogens is 5. The average molecular weight is 467 g/mol. The Morgan fingerprint density at radius 3 is 2.30 bits per heavy atom. The molecule has 1 atom stereocenters. The van der Waals surface area contributed by atoms with Gasteiger partial charge in [-0.05, 0) is 13.0 Å². The number of halogens is 3. The number of carbonyl (C=O) groups excluding carboxylic acids is 1. The van der Waals surface area contributed by atoms with E-state index in [2.05, 4.69) is 30.8 Å². The molecule has 0 spiro atoms. The van der Waals surface area contributed by atoms with Gasteiger partial charge in [-0.3, -0.25) is 4.98 Å². The number of rotatable bonds is 7. The molecule has 2 amide bonds. The van der Waals surface area contributed by atoms with E-state index in [-0.39, 0.29) is 17.3 Å². The first-order valence-electron chi connectivity index (χ1n) is 9.35. The normalized spacial score (nSPS) is 12.2. The topological polar surface area (TPSA) is 125 Å². The van der Waals surface area contributed by atoms with Gasteiger partial charge in [0.1, 0.15) is 17.0 Å².